The first-order valence-electron chi connectivity index (χ1n) is 8.41. The lowest BCUT2D eigenvalue weighted by molar-refractivity contribution is -0.137. The summed E-state index contributed by atoms with van der Waals surface area (Å²) in [7, 11) is -1.41. The summed E-state index contributed by atoms with van der Waals surface area (Å²) in [6.07, 6.45) is -0.274. The summed E-state index contributed by atoms with van der Waals surface area (Å²) in [4.78, 5) is 5.74. The minimum atomic E-state index is -4.39. The number of hydrogen-bond acceptors (Lipinski definition) is 4. The largest absolute Gasteiger partial charge is 0.416 e. The van der Waals surface area contributed by atoms with E-state index in [4.69, 9.17) is 0 Å². The minimum absolute atomic E-state index is 0.193. The molecule has 1 saturated carbocycles. The van der Waals surface area contributed by atoms with E-state index in [1.807, 2.05) is 0 Å². The van der Waals surface area contributed by atoms with Crippen molar-refractivity contribution in [2.75, 3.05) is 31.6 Å². The molecule has 3 rings (SSSR count). The molecule has 1 saturated heterocycles. The van der Waals surface area contributed by atoms with Gasteiger partial charge in [-0.2, -0.15) is 13.2 Å². The van der Waals surface area contributed by atoms with E-state index in [0.29, 0.717) is 19.6 Å². The molecule has 2 fully saturated rings. The highest BCUT2D eigenvalue weighted by molar-refractivity contribution is 7.90. The molecule has 2 aliphatic rings. The minimum Gasteiger partial charge on any atom is -0.359 e. The van der Waals surface area contributed by atoms with Gasteiger partial charge in [-0.25, -0.2) is 17.7 Å². The van der Waals surface area contributed by atoms with Crippen molar-refractivity contribution in [3.05, 3.63) is 23.9 Å². The van der Waals surface area contributed by atoms with Crippen molar-refractivity contribution in [3.8, 4) is 0 Å². The van der Waals surface area contributed by atoms with E-state index in [1.54, 1.807) is 16.3 Å². The van der Waals surface area contributed by atoms with E-state index in [2.05, 4.69) is 4.98 Å². The van der Waals surface area contributed by atoms with Gasteiger partial charge in [0.25, 0.3) is 0 Å². The highest BCUT2D eigenvalue weighted by Gasteiger charge is 2.41. The Morgan fingerprint density at radius 3 is 2.44 bits per heavy atom. The number of halogens is 3. The lowest BCUT2D eigenvalue weighted by atomic mass is 9.97. The van der Waals surface area contributed by atoms with E-state index in [-0.39, 0.29) is 17.0 Å². The Bertz CT molecular complexity index is 712. The van der Waals surface area contributed by atoms with Gasteiger partial charge in [0.2, 0.25) is 10.0 Å². The Labute approximate surface area is 145 Å². The molecule has 0 bridgehead atoms. The van der Waals surface area contributed by atoms with Gasteiger partial charge in [0, 0.05) is 32.9 Å². The maximum atomic E-state index is 12.8. The van der Waals surface area contributed by atoms with Gasteiger partial charge in [0.15, 0.2) is 0 Å². The normalized spacial score (nSPS) is 20.6. The second-order valence-corrected chi connectivity index (χ2v) is 9.08. The van der Waals surface area contributed by atoms with Crippen LogP contribution in [0.4, 0.5) is 19.0 Å². The molecule has 5 nitrogen and oxygen atoms in total. The topological polar surface area (TPSA) is 53.5 Å². The molecule has 0 atom stereocenters. The Morgan fingerprint density at radius 2 is 1.88 bits per heavy atom. The molecule has 2 heterocycles. The van der Waals surface area contributed by atoms with Gasteiger partial charge in [-0.1, -0.05) is 0 Å². The summed E-state index contributed by atoms with van der Waals surface area (Å²) in [6, 6.07) is 2.01. The Morgan fingerprint density at radius 1 is 1.24 bits per heavy atom. The molecule has 25 heavy (non-hydrogen) atoms. The van der Waals surface area contributed by atoms with Crippen molar-refractivity contribution < 1.29 is 21.6 Å². The average Bonchev–Trinajstić information content (AvgIpc) is 3.40. The number of nitrogens with zero attached hydrogens (tertiary/aromatic N) is 3. The van der Waals surface area contributed by atoms with Crippen LogP contribution in [0.2, 0.25) is 0 Å². The summed E-state index contributed by atoms with van der Waals surface area (Å²) in [5.74, 6) is 0.523. The lowest BCUT2D eigenvalue weighted by Gasteiger charge is -2.33. The van der Waals surface area contributed by atoms with Crippen LogP contribution >= 0.6 is 0 Å². The summed E-state index contributed by atoms with van der Waals surface area (Å²) < 4.78 is 64.4. The third-order valence-corrected chi connectivity index (χ3v) is 7.27. The van der Waals surface area contributed by atoms with Crippen molar-refractivity contribution in [1.82, 2.24) is 9.29 Å². The highest BCUT2D eigenvalue weighted by atomic mass is 32.2. The van der Waals surface area contributed by atoms with Crippen LogP contribution in [0.25, 0.3) is 0 Å². The van der Waals surface area contributed by atoms with Gasteiger partial charge in [-0.15, -0.1) is 0 Å². The Balaban J connectivity index is 1.57. The van der Waals surface area contributed by atoms with E-state index in [0.717, 1.165) is 37.8 Å². The van der Waals surface area contributed by atoms with Gasteiger partial charge in [0.1, 0.15) is 5.82 Å². The van der Waals surface area contributed by atoms with E-state index < -0.39 is 21.8 Å². The van der Waals surface area contributed by atoms with Crippen LogP contribution in [0.15, 0.2) is 18.3 Å². The van der Waals surface area contributed by atoms with Crippen LogP contribution in [0.5, 0.6) is 0 Å². The monoisotopic (exact) mass is 377 g/mol. The molecule has 0 radical (unpaired) electrons. The highest BCUT2D eigenvalue weighted by Crippen LogP contribution is 2.34. The molecule has 0 unspecified atom stereocenters. The summed E-state index contributed by atoms with van der Waals surface area (Å²) in [6.45, 7) is 1.55. The number of sulfonamides is 1. The van der Waals surface area contributed by atoms with Gasteiger partial charge < -0.3 is 4.90 Å². The van der Waals surface area contributed by atoms with Crippen LogP contribution < -0.4 is 4.90 Å². The maximum Gasteiger partial charge on any atom is 0.416 e. The van der Waals surface area contributed by atoms with Crippen LogP contribution in [0.1, 0.15) is 31.2 Å². The van der Waals surface area contributed by atoms with E-state index in [9.17, 15) is 21.6 Å². The predicted molar refractivity (Wildman–Crippen MR) is 88.7 cm³/mol. The quantitative estimate of drug-likeness (QED) is 0.792. The lowest BCUT2D eigenvalue weighted by Crippen LogP contribution is -2.42. The van der Waals surface area contributed by atoms with Crippen molar-refractivity contribution in [2.45, 2.75) is 37.1 Å². The smallest absolute Gasteiger partial charge is 0.359 e. The molecule has 140 valence electrons. The van der Waals surface area contributed by atoms with Crippen LogP contribution in [0.3, 0.4) is 0 Å². The number of aromatic nitrogens is 1. The fraction of sp³-hybridized carbons (Fsp3) is 0.688. The van der Waals surface area contributed by atoms with Gasteiger partial charge >= 0.3 is 6.18 Å². The molecule has 1 aromatic heterocycles. The Hall–Kier alpha value is -1.35. The third kappa shape index (κ3) is 4.25. The number of pyridine rings is 1. The van der Waals surface area contributed by atoms with Crippen LogP contribution in [-0.2, 0) is 16.2 Å². The number of alkyl halides is 3. The zero-order valence-electron chi connectivity index (χ0n) is 14.0. The molecule has 1 aromatic rings. The first kappa shape index (κ1) is 18.4. The fourth-order valence-corrected chi connectivity index (χ4v) is 5.08. The van der Waals surface area contributed by atoms with Crippen molar-refractivity contribution in [2.24, 2.45) is 5.92 Å². The second kappa shape index (κ2) is 6.75. The van der Waals surface area contributed by atoms with Crippen molar-refractivity contribution in [1.29, 1.82) is 0 Å². The average molecular weight is 377 g/mol. The van der Waals surface area contributed by atoms with E-state index >= 15 is 0 Å². The van der Waals surface area contributed by atoms with Gasteiger partial charge in [0.05, 0.1) is 10.8 Å². The predicted octanol–water partition coefficient (Wildman–Crippen LogP) is 2.74. The second-order valence-electron chi connectivity index (χ2n) is 6.87. The maximum absolute atomic E-state index is 12.8. The molecule has 1 aliphatic heterocycles. The molecular formula is C16H22F3N3O2S. The molecule has 0 aromatic carbocycles. The third-order valence-electron chi connectivity index (χ3n) is 4.87. The van der Waals surface area contributed by atoms with E-state index in [1.165, 1.54) is 6.20 Å². The first-order chi connectivity index (χ1) is 11.7. The standard InChI is InChI=1S/C16H22F3N3O2S/c1-21(15-10-13(4-7-20-15)16(17,18)19)11-12-5-8-22(9-6-12)25(23,24)14-2-3-14/h4,7,10,12,14H,2-3,5-6,8-9,11H2,1H3. The Kier molecular flexibility index (Phi) is 4.98. The number of hydrogen-bond donors (Lipinski definition) is 0. The van der Waals surface area contributed by atoms with Crippen molar-refractivity contribution >= 4 is 15.8 Å². The summed E-state index contributed by atoms with van der Waals surface area (Å²) in [5, 5.41) is -0.193. The van der Waals surface area contributed by atoms with Crippen molar-refractivity contribution in [3.63, 3.8) is 0 Å². The van der Waals surface area contributed by atoms with Crippen LogP contribution in [0, 0.1) is 5.92 Å². The molecular weight excluding hydrogens is 355 g/mol. The zero-order chi connectivity index (χ0) is 18.2. The fourth-order valence-electron chi connectivity index (χ4n) is 3.21. The molecule has 0 amide bonds. The molecule has 1 aliphatic carbocycles. The number of anilines is 1. The summed E-state index contributed by atoms with van der Waals surface area (Å²) in [5.41, 5.74) is -0.713. The SMILES string of the molecule is CN(CC1CCN(S(=O)(=O)C2CC2)CC1)c1cc(C(F)(F)F)ccn1. The molecule has 0 N–H and O–H groups in total. The summed E-state index contributed by atoms with van der Waals surface area (Å²) >= 11 is 0. The zero-order valence-corrected chi connectivity index (χ0v) is 14.9. The van der Waals surface area contributed by atoms with Gasteiger partial charge in [-0.3, -0.25) is 0 Å². The molecule has 0 spiro atoms. The molecule has 9 heteroatoms. The van der Waals surface area contributed by atoms with Gasteiger partial charge in [-0.05, 0) is 43.7 Å². The first-order valence-corrected chi connectivity index (χ1v) is 9.91. The number of piperidine rings is 1. The van der Waals surface area contributed by atoms with Crippen LogP contribution in [-0.4, -0.2) is 49.6 Å². The number of rotatable bonds is 5.